The minimum Gasteiger partial charge on any atom is -0.464 e. The van der Waals surface area contributed by atoms with Crippen molar-refractivity contribution in [2.24, 2.45) is 0 Å². The summed E-state index contributed by atoms with van der Waals surface area (Å²) >= 11 is 3.67. The predicted molar refractivity (Wildman–Crippen MR) is 608 cm³/mol. The third-order valence-electron chi connectivity index (χ3n) is 26.0. The number of aryl methyl sites for hydroxylation is 24. The normalized spacial score (nSPS) is 10.6. The molecule has 140 heavy (non-hydrogen) atoms. The summed E-state index contributed by atoms with van der Waals surface area (Å²) in [6, 6.07) is 97.4. The maximum atomic E-state index is 5.38. The van der Waals surface area contributed by atoms with E-state index in [0.717, 1.165) is 33.6 Å². The van der Waals surface area contributed by atoms with Crippen molar-refractivity contribution < 1.29 is 8.83 Å². The van der Waals surface area contributed by atoms with Gasteiger partial charge in [-0.25, -0.2) is 0 Å². The van der Waals surface area contributed by atoms with E-state index in [0.29, 0.717) is 0 Å². The molecule has 0 N–H and O–H groups in total. The average molecular weight is 1870 g/mol. The number of pyridine rings is 6. The Morgan fingerprint density at radius 3 is 1.04 bits per heavy atom. The average Bonchev–Trinajstić information content (AvgIpc) is 1.78. The maximum Gasteiger partial charge on any atom is 0.137 e. The number of nitrogens with zero attached hydrogens (tertiary/aromatic N) is 6. The van der Waals surface area contributed by atoms with Crippen LogP contribution in [-0.2, 0) is 0 Å². The summed E-state index contributed by atoms with van der Waals surface area (Å²) < 4.78 is 13.6. The lowest BCUT2D eigenvalue weighted by Crippen LogP contribution is -1.86. The zero-order valence-electron chi connectivity index (χ0n) is 85.8. The molecule has 0 unspecified atom stereocenters. The monoisotopic (exact) mass is 1870 g/mol. The van der Waals surface area contributed by atoms with Crippen LogP contribution in [0.1, 0.15) is 134 Å². The third-order valence-corrected chi connectivity index (χ3v) is 28.3. The van der Waals surface area contributed by atoms with Crippen molar-refractivity contribution in [2.45, 2.75) is 166 Å². The molecule has 10 heteroatoms. The number of fused-ring (bicyclic) bond motifs is 12. The van der Waals surface area contributed by atoms with Crippen LogP contribution in [-0.4, -0.2) is 29.9 Å². The quantitative estimate of drug-likeness (QED) is 0.148. The molecule has 0 bridgehead atoms. The van der Waals surface area contributed by atoms with Crippen molar-refractivity contribution in [1.29, 1.82) is 0 Å². The van der Waals surface area contributed by atoms with Gasteiger partial charge in [0, 0.05) is 113 Å². The second-order valence-electron chi connectivity index (χ2n) is 36.5. The fraction of sp³-hybridized carbons (Fsp3) is 0.185. The lowest BCUT2D eigenvalue weighted by Gasteiger charge is -2.03. The van der Waals surface area contributed by atoms with Gasteiger partial charge in [-0.2, -0.15) is 0 Å². The van der Waals surface area contributed by atoms with Gasteiger partial charge in [-0.15, -0.1) is 22.7 Å². The number of hydrogen-bond acceptors (Lipinski definition) is 10. The number of benzene rings is 14. The summed E-state index contributed by atoms with van der Waals surface area (Å²) in [6.07, 6.45) is 18.6. The molecule has 24 aromatic rings. The van der Waals surface area contributed by atoms with E-state index in [1.807, 2.05) is 104 Å². The van der Waals surface area contributed by atoms with Crippen molar-refractivity contribution >= 4 is 151 Å². The van der Waals surface area contributed by atoms with Gasteiger partial charge in [0.05, 0.1) is 23.6 Å². The molecular weight excluding hydrogens is 1740 g/mol. The number of rotatable bonds is 0. The first-order valence-corrected chi connectivity index (χ1v) is 49.7. The van der Waals surface area contributed by atoms with Crippen molar-refractivity contribution in [2.75, 3.05) is 0 Å². The Morgan fingerprint density at radius 1 is 0.179 bits per heavy atom. The Kier molecular flexibility index (Phi) is 35.4. The SMILES string of the molecule is Cc1ccc(C)c2ccccc12.Cc1ccc(C)c2cnccc12.Cc1ccc(C)c2ncccc12.Cc1ccc(C)c2occc12.Cc1ccc(C)c2sccc12.Cc1cccc2c(C)cccc12.Cc1cccc2c(C)nccc12.Cc1ccnc2c(C)cccc12.Cc1cnc(C)c2ccccc12.Cc1cncc2c(C)cccc12.Cc1coc2c(C)cccc12.Cc1csc2c(C)cccc12. The first kappa shape index (κ1) is 102. The van der Waals surface area contributed by atoms with Gasteiger partial charge < -0.3 is 8.83 Å². The van der Waals surface area contributed by atoms with Crippen molar-refractivity contribution in [3.05, 3.63) is 486 Å². The highest BCUT2D eigenvalue weighted by Crippen LogP contribution is 2.33. The number of para-hydroxylation sites is 2. The van der Waals surface area contributed by atoms with Crippen LogP contribution in [0.3, 0.4) is 0 Å². The Labute approximate surface area is 835 Å². The summed E-state index contributed by atoms with van der Waals surface area (Å²) in [4.78, 5) is 25.5. The topological polar surface area (TPSA) is 104 Å². The van der Waals surface area contributed by atoms with Gasteiger partial charge in [0.1, 0.15) is 11.2 Å². The minimum absolute atomic E-state index is 1.02. The fourth-order valence-corrected chi connectivity index (χ4v) is 19.4. The summed E-state index contributed by atoms with van der Waals surface area (Å²) in [5, 5.41) is 28.0. The molecule has 0 amide bonds. The first-order chi connectivity index (χ1) is 67.5. The second kappa shape index (κ2) is 48.4. The van der Waals surface area contributed by atoms with E-state index in [4.69, 9.17) is 8.83 Å². The van der Waals surface area contributed by atoms with Crippen LogP contribution < -0.4 is 0 Å². The molecule has 0 saturated heterocycles. The highest BCUT2D eigenvalue weighted by atomic mass is 32.1. The molecule has 0 radical (unpaired) electrons. The zero-order chi connectivity index (χ0) is 99.8. The van der Waals surface area contributed by atoms with Crippen LogP contribution in [0.4, 0.5) is 0 Å². The molecule has 0 fully saturated rings. The third kappa shape index (κ3) is 25.3. The number of hydrogen-bond donors (Lipinski definition) is 0. The molecule has 10 heterocycles. The summed E-state index contributed by atoms with van der Waals surface area (Å²) in [6.45, 7) is 50.7. The fourth-order valence-electron chi connectivity index (χ4n) is 17.4. The van der Waals surface area contributed by atoms with Crippen LogP contribution in [0.2, 0.25) is 0 Å². The van der Waals surface area contributed by atoms with Gasteiger partial charge in [-0.05, 0) is 390 Å². The van der Waals surface area contributed by atoms with Crippen LogP contribution in [0, 0.1) is 166 Å². The molecule has 24 rings (SSSR count). The van der Waals surface area contributed by atoms with Gasteiger partial charge in [-0.1, -0.05) is 243 Å². The molecule has 0 aliphatic rings. The Bertz CT molecular complexity index is 7000. The van der Waals surface area contributed by atoms with Crippen molar-refractivity contribution in [3.8, 4) is 0 Å². The van der Waals surface area contributed by atoms with E-state index < -0.39 is 0 Å². The van der Waals surface area contributed by atoms with Crippen LogP contribution >= 0.6 is 22.7 Å². The van der Waals surface area contributed by atoms with Gasteiger partial charge in [-0.3, -0.25) is 29.9 Å². The standard InChI is InChI=1S/2C12H12.6C11H11N.2C10H10O.2C10H10S/c1-9-5-3-8-12-10(2)6-4-7-11(9)12;1-9-7-8-10(2)12-6-4-3-5-11(9)12;1-8-3-4-9(2)11-7-12-6-5-10(8)11;1-8-5-6-9(2)11-10(8)4-3-7-12-11;1-8-4-3-5-10-9(2)6-12-7-11(8)10;1-8-6-7-12-11-9(2)4-3-5-10(8)11;1-8-4-3-5-11-9(2)12-7-6-10(8)11;1-8-7-12-9(2)11-6-4-3-5-10(8)11;1-7-3-4-8(2)10-9(7)5-6-11-10;1-7-4-3-5-9-8(2)6-11-10(7)9;1-7-3-4-8(2)10-9(7)5-6-11-10;1-7-4-3-5-9-8(2)6-11-10(7)9/h2*3-8H,1-2H3;6*3-7H,1-2H3;4*3-6H,1-2H3. The molecule has 14 aromatic carbocycles. The van der Waals surface area contributed by atoms with E-state index in [2.05, 4.69) is 454 Å². The molecule has 0 atom stereocenters. The van der Waals surface area contributed by atoms with Crippen molar-refractivity contribution in [3.63, 3.8) is 0 Å². The van der Waals surface area contributed by atoms with E-state index in [1.54, 1.807) is 12.5 Å². The van der Waals surface area contributed by atoms with Crippen LogP contribution in [0.15, 0.2) is 361 Å². The minimum atomic E-state index is 1.02. The molecule has 10 aromatic heterocycles. The van der Waals surface area contributed by atoms with E-state index >= 15 is 0 Å². The van der Waals surface area contributed by atoms with E-state index in [1.165, 1.54) is 229 Å². The van der Waals surface area contributed by atoms with Gasteiger partial charge in [0.2, 0.25) is 0 Å². The lowest BCUT2D eigenvalue weighted by molar-refractivity contribution is 0.610. The van der Waals surface area contributed by atoms with E-state index in [-0.39, 0.29) is 0 Å². The molecule has 8 nitrogen and oxygen atoms in total. The number of aromatic nitrogens is 6. The summed E-state index contributed by atoms with van der Waals surface area (Å²) in [5.74, 6) is 0. The molecule has 0 aliphatic carbocycles. The highest BCUT2D eigenvalue weighted by Gasteiger charge is 2.10. The molecule has 0 spiro atoms. The number of thiophene rings is 2. The van der Waals surface area contributed by atoms with Gasteiger partial charge in [0.25, 0.3) is 0 Å². The first-order valence-electron chi connectivity index (χ1n) is 47.9. The van der Waals surface area contributed by atoms with Gasteiger partial charge in [0.15, 0.2) is 0 Å². The van der Waals surface area contributed by atoms with Gasteiger partial charge >= 0.3 is 0 Å². The predicted octanol–water partition coefficient (Wildman–Crippen LogP) is 37.2. The lowest BCUT2D eigenvalue weighted by atomic mass is 10.0. The Morgan fingerprint density at radius 2 is 0.507 bits per heavy atom. The zero-order valence-corrected chi connectivity index (χ0v) is 87.4. The molecule has 0 aliphatic heterocycles. The highest BCUT2D eigenvalue weighted by molar-refractivity contribution is 7.17. The maximum absolute atomic E-state index is 5.38. The van der Waals surface area contributed by atoms with E-state index in [9.17, 15) is 0 Å². The van der Waals surface area contributed by atoms with Crippen LogP contribution in [0.25, 0.3) is 129 Å². The second-order valence-corrected chi connectivity index (χ2v) is 38.3. The Hall–Kier alpha value is -14.9. The van der Waals surface area contributed by atoms with Crippen molar-refractivity contribution in [1.82, 2.24) is 29.9 Å². The summed E-state index contributed by atoms with van der Waals surface area (Å²) in [5.41, 5.74) is 35.2. The number of furan rings is 2. The largest absolute Gasteiger partial charge is 0.464 e. The summed E-state index contributed by atoms with van der Waals surface area (Å²) in [7, 11) is 0. The smallest absolute Gasteiger partial charge is 0.137 e. The molecular formula is C130H130N6O2S2. The van der Waals surface area contributed by atoms with Crippen LogP contribution in [0.5, 0.6) is 0 Å². The Balaban J connectivity index is 0.000000129. The molecule has 704 valence electrons. The molecule has 0 saturated carbocycles.